The van der Waals surface area contributed by atoms with E-state index >= 15 is 0 Å². The molecule has 2 N–H and O–H groups in total. The summed E-state index contributed by atoms with van der Waals surface area (Å²) in [5.41, 5.74) is -0.806. The first-order chi connectivity index (χ1) is 9.85. The minimum Gasteiger partial charge on any atom is -0.478 e. The van der Waals surface area contributed by atoms with Crippen LogP contribution in [0.25, 0.3) is 0 Å². The molecule has 0 amide bonds. The van der Waals surface area contributed by atoms with Crippen LogP contribution in [0.4, 0.5) is 10.1 Å². The lowest BCUT2D eigenvalue weighted by molar-refractivity contribution is 0.0697. The van der Waals surface area contributed by atoms with Gasteiger partial charge >= 0.3 is 5.97 Å². The number of anilines is 1. The van der Waals surface area contributed by atoms with Crippen molar-refractivity contribution in [2.24, 2.45) is 0 Å². The van der Waals surface area contributed by atoms with Crippen LogP contribution in [0.1, 0.15) is 15.9 Å². The molecule has 0 fully saturated rings. The number of hydrogen-bond acceptors (Lipinski definition) is 5. The van der Waals surface area contributed by atoms with Crippen molar-refractivity contribution < 1.29 is 22.7 Å². The molecule has 0 bridgehead atoms. The van der Waals surface area contributed by atoms with Crippen molar-refractivity contribution in [2.45, 2.75) is 4.21 Å². The number of nitriles is 1. The van der Waals surface area contributed by atoms with Gasteiger partial charge in [-0.3, -0.25) is 4.72 Å². The summed E-state index contributed by atoms with van der Waals surface area (Å²) in [6.45, 7) is 0. The molecule has 1 aromatic carbocycles. The lowest BCUT2D eigenvalue weighted by Crippen LogP contribution is -2.13. The Labute approximate surface area is 123 Å². The van der Waals surface area contributed by atoms with Crippen LogP contribution in [0.5, 0.6) is 0 Å². The molecule has 21 heavy (non-hydrogen) atoms. The Kier molecular flexibility index (Phi) is 3.93. The van der Waals surface area contributed by atoms with Crippen molar-refractivity contribution in [3.8, 4) is 6.07 Å². The molecule has 2 rings (SSSR count). The summed E-state index contributed by atoms with van der Waals surface area (Å²) in [4.78, 5) is 10.7. The fourth-order valence-electron chi connectivity index (χ4n) is 1.49. The normalized spacial score (nSPS) is 10.9. The highest BCUT2D eigenvalue weighted by atomic mass is 32.2. The number of sulfonamides is 1. The van der Waals surface area contributed by atoms with Crippen LogP contribution in [0.15, 0.2) is 33.9 Å². The number of halogens is 1. The van der Waals surface area contributed by atoms with Crippen LogP contribution in [0, 0.1) is 17.1 Å². The second kappa shape index (κ2) is 5.51. The second-order valence-electron chi connectivity index (χ2n) is 3.84. The van der Waals surface area contributed by atoms with Crippen molar-refractivity contribution in [1.82, 2.24) is 0 Å². The molecule has 9 heteroatoms. The highest BCUT2D eigenvalue weighted by Crippen LogP contribution is 2.25. The molecule has 0 saturated heterocycles. The number of carboxylic acid groups (broad SMARTS) is 1. The minimum absolute atomic E-state index is 0.167. The lowest BCUT2D eigenvalue weighted by Gasteiger charge is -2.08. The number of aromatic carboxylic acids is 1. The molecule has 6 nitrogen and oxygen atoms in total. The van der Waals surface area contributed by atoms with Crippen LogP contribution < -0.4 is 4.72 Å². The number of benzene rings is 1. The van der Waals surface area contributed by atoms with E-state index in [-0.39, 0.29) is 15.5 Å². The van der Waals surface area contributed by atoms with E-state index in [9.17, 15) is 17.6 Å². The van der Waals surface area contributed by atoms with Gasteiger partial charge in [-0.25, -0.2) is 17.6 Å². The molecule has 2 aromatic rings. The predicted octanol–water partition coefficient (Wildman–Crippen LogP) is 2.26. The lowest BCUT2D eigenvalue weighted by atomic mass is 10.2. The summed E-state index contributed by atoms with van der Waals surface area (Å²) < 4.78 is 39.4. The standard InChI is InChI=1S/C12H7FN2O4S2/c13-9-2-1-3-10(8(9)5-14)15-21(18,19)11-4-7(6-20-11)12(16)17/h1-4,6,15H,(H,16,17). The number of thiophene rings is 1. The first-order valence-electron chi connectivity index (χ1n) is 5.38. The van der Waals surface area contributed by atoms with Gasteiger partial charge in [0.2, 0.25) is 0 Å². The van der Waals surface area contributed by atoms with Gasteiger partial charge in [-0.05, 0) is 18.2 Å². The smallest absolute Gasteiger partial charge is 0.336 e. The summed E-state index contributed by atoms with van der Waals surface area (Å²) in [6, 6.07) is 6.08. The fraction of sp³-hybridized carbons (Fsp3) is 0. The van der Waals surface area contributed by atoms with Gasteiger partial charge in [0.05, 0.1) is 11.3 Å². The number of nitrogens with one attached hydrogen (secondary N) is 1. The zero-order valence-electron chi connectivity index (χ0n) is 10.2. The molecular formula is C12H7FN2O4S2. The Morgan fingerprint density at radius 2 is 2.14 bits per heavy atom. The molecule has 1 aromatic heterocycles. The van der Waals surface area contributed by atoms with Gasteiger partial charge in [-0.1, -0.05) is 6.07 Å². The van der Waals surface area contributed by atoms with Crippen molar-refractivity contribution >= 4 is 33.0 Å². The van der Waals surface area contributed by atoms with Gasteiger partial charge in [-0.15, -0.1) is 11.3 Å². The SMILES string of the molecule is N#Cc1c(F)cccc1NS(=O)(=O)c1cc(C(=O)O)cs1. The number of hydrogen-bond donors (Lipinski definition) is 2. The highest BCUT2D eigenvalue weighted by Gasteiger charge is 2.21. The van der Waals surface area contributed by atoms with Gasteiger partial charge in [0, 0.05) is 5.38 Å². The quantitative estimate of drug-likeness (QED) is 0.896. The summed E-state index contributed by atoms with van der Waals surface area (Å²) >= 11 is 0.714. The largest absolute Gasteiger partial charge is 0.478 e. The maximum Gasteiger partial charge on any atom is 0.336 e. The van der Waals surface area contributed by atoms with Crippen LogP contribution in [0.3, 0.4) is 0 Å². The average Bonchev–Trinajstić information content (AvgIpc) is 2.89. The van der Waals surface area contributed by atoms with Crippen LogP contribution in [-0.4, -0.2) is 19.5 Å². The van der Waals surface area contributed by atoms with E-state index < -0.39 is 27.4 Å². The molecule has 0 spiro atoms. The summed E-state index contributed by atoms with van der Waals surface area (Å²) in [6.07, 6.45) is 0. The van der Waals surface area contributed by atoms with Crippen LogP contribution in [0.2, 0.25) is 0 Å². The summed E-state index contributed by atoms with van der Waals surface area (Å²) in [5.74, 6) is -2.11. The molecule has 0 saturated carbocycles. The molecule has 1 heterocycles. The van der Waals surface area contributed by atoms with Crippen molar-refractivity contribution in [2.75, 3.05) is 4.72 Å². The van der Waals surface area contributed by atoms with Gasteiger partial charge in [0.15, 0.2) is 0 Å². The van der Waals surface area contributed by atoms with Gasteiger partial charge in [0.25, 0.3) is 10.0 Å². The number of rotatable bonds is 4. The molecule has 0 aliphatic heterocycles. The van der Waals surface area contributed by atoms with E-state index in [1.165, 1.54) is 17.5 Å². The summed E-state index contributed by atoms with van der Waals surface area (Å²) in [7, 11) is -4.09. The Morgan fingerprint density at radius 3 is 2.71 bits per heavy atom. The Balaban J connectivity index is 2.40. The van der Waals surface area contributed by atoms with Crippen molar-refractivity contribution in [1.29, 1.82) is 5.26 Å². The van der Waals surface area contributed by atoms with Crippen LogP contribution >= 0.6 is 11.3 Å². The molecule has 0 radical (unpaired) electrons. The van der Waals surface area contributed by atoms with E-state index in [1.54, 1.807) is 6.07 Å². The molecule has 0 aliphatic rings. The summed E-state index contributed by atoms with van der Waals surface area (Å²) in [5, 5.41) is 18.8. The monoisotopic (exact) mass is 326 g/mol. The number of carboxylic acids is 1. The number of carbonyl (C=O) groups is 1. The molecule has 0 aliphatic carbocycles. The predicted molar refractivity (Wildman–Crippen MR) is 73.2 cm³/mol. The zero-order chi connectivity index (χ0) is 15.6. The third kappa shape index (κ3) is 3.01. The number of nitrogens with zero attached hydrogens (tertiary/aromatic N) is 1. The van der Waals surface area contributed by atoms with Crippen molar-refractivity contribution in [3.05, 3.63) is 46.6 Å². The third-order valence-electron chi connectivity index (χ3n) is 2.46. The van der Waals surface area contributed by atoms with Gasteiger partial charge in [-0.2, -0.15) is 5.26 Å². The Morgan fingerprint density at radius 1 is 1.43 bits per heavy atom. The van der Waals surface area contributed by atoms with E-state index in [4.69, 9.17) is 10.4 Å². The van der Waals surface area contributed by atoms with Gasteiger partial charge < -0.3 is 5.11 Å². The molecule has 0 unspecified atom stereocenters. The van der Waals surface area contributed by atoms with E-state index in [2.05, 4.69) is 4.72 Å². The molecular weight excluding hydrogens is 319 g/mol. The first-order valence-corrected chi connectivity index (χ1v) is 7.74. The van der Waals surface area contributed by atoms with Crippen molar-refractivity contribution in [3.63, 3.8) is 0 Å². The molecule has 0 atom stereocenters. The van der Waals surface area contributed by atoms with Crippen LogP contribution in [-0.2, 0) is 10.0 Å². The third-order valence-corrected chi connectivity index (χ3v) is 5.26. The fourth-order valence-corrected chi connectivity index (χ4v) is 3.71. The Bertz CT molecular complexity index is 852. The Hall–Kier alpha value is -2.44. The first kappa shape index (κ1) is 15.0. The zero-order valence-corrected chi connectivity index (χ0v) is 11.8. The topological polar surface area (TPSA) is 107 Å². The maximum absolute atomic E-state index is 13.4. The van der Waals surface area contributed by atoms with E-state index in [0.717, 1.165) is 12.1 Å². The molecule has 108 valence electrons. The highest BCUT2D eigenvalue weighted by molar-refractivity contribution is 7.94. The van der Waals surface area contributed by atoms with E-state index in [0.29, 0.717) is 11.3 Å². The minimum atomic E-state index is -4.09. The maximum atomic E-state index is 13.4. The van der Waals surface area contributed by atoms with E-state index in [1.807, 2.05) is 0 Å². The second-order valence-corrected chi connectivity index (χ2v) is 6.66. The average molecular weight is 326 g/mol. The van der Waals surface area contributed by atoms with Gasteiger partial charge in [0.1, 0.15) is 21.7 Å².